The Morgan fingerprint density at radius 3 is 1.90 bits per heavy atom. The molecule has 0 aromatic heterocycles. The monoisotopic (exact) mass is 275 g/mol. The van der Waals surface area contributed by atoms with Crippen LogP contribution in [0.3, 0.4) is 0 Å². The van der Waals surface area contributed by atoms with Gasteiger partial charge in [0.15, 0.2) is 0 Å². The molecule has 112 valence electrons. The maximum Gasteiger partial charge on any atom is 0.120 e. The lowest BCUT2D eigenvalue weighted by Gasteiger charge is -2.26. The predicted molar refractivity (Wildman–Crippen MR) is 85.7 cm³/mol. The van der Waals surface area contributed by atoms with Crippen LogP contribution >= 0.6 is 0 Å². The molecule has 1 unspecified atom stereocenters. The molecule has 1 aromatic carbocycles. The van der Waals surface area contributed by atoms with Crippen LogP contribution in [-0.2, 0) is 10.8 Å². The molecule has 1 N–H and O–H groups in total. The molecule has 20 heavy (non-hydrogen) atoms. The molecule has 0 amide bonds. The van der Waals surface area contributed by atoms with Crippen LogP contribution < -0.4 is 10.1 Å². The Balaban J connectivity index is 2.34. The van der Waals surface area contributed by atoms with Gasteiger partial charge in [0.05, 0.1) is 0 Å². The number of hydrogen-bond donors (Lipinski definition) is 1. The fourth-order valence-electron chi connectivity index (χ4n) is 2.45. The van der Waals surface area contributed by atoms with E-state index in [0.717, 1.165) is 25.3 Å². The summed E-state index contributed by atoms with van der Waals surface area (Å²) in [6.07, 6.45) is 1.42. The molecule has 0 radical (unpaired) electrons. The molecule has 0 saturated carbocycles. The topological polar surface area (TPSA) is 21.3 Å². The second-order valence-corrected chi connectivity index (χ2v) is 7.98. The highest BCUT2D eigenvalue weighted by Gasteiger charge is 2.22. The molecule has 2 rings (SSSR count). The molecule has 1 aliphatic heterocycles. The standard InChI is InChI=1S/C18H29NO/c1-17(2,3)13-9-14(18(4,5)6)11-16(10-13)20-15-7-8-19-12-15/h9-11,15,19H,7-8,12H2,1-6H3. The van der Waals surface area contributed by atoms with E-state index in [1.807, 2.05) is 0 Å². The van der Waals surface area contributed by atoms with Crippen molar-refractivity contribution in [3.05, 3.63) is 29.3 Å². The van der Waals surface area contributed by atoms with E-state index in [9.17, 15) is 0 Å². The SMILES string of the molecule is CC(C)(C)c1cc(OC2CCNC2)cc(C(C)(C)C)c1. The van der Waals surface area contributed by atoms with Gasteiger partial charge >= 0.3 is 0 Å². The third-order valence-corrected chi connectivity index (χ3v) is 3.96. The molecule has 1 heterocycles. The van der Waals surface area contributed by atoms with E-state index in [0.29, 0.717) is 6.10 Å². The van der Waals surface area contributed by atoms with Gasteiger partial charge in [0, 0.05) is 6.54 Å². The van der Waals surface area contributed by atoms with Crippen molar-refractivity contribution in [1.29, 1.82) is 0 Å². The van der Waals surface area contributed by atoms with Crippen molar-refractivity contribution in [3.8, 4) is 5.75 Å². The van der Waals surface area contributed by atoms with Crippen LogP contribution in [0.2, 0.25) is 0 Å². The van der Waals surface area contributed by atoms with E-state index in [1.54, 1.807) is 0 Å². The zero-order valence-electron chi connectivity index (χ0n) is 13.8. The van der Waals surface area contributed by atoms with E-state index >= 15 is 0 Å². The van der Waals surface area contributed by atoms with E-state index < -0.39 is 0 Å². The Kier molecular flexibility index (Phi) is 4.15. The van der Waals surface area contributed by atoms with Gasteiger partial charge in [-0.3, -0.25) is 0 Å². The van der Waals surface area contributed by atoms with Crippen molar-refractivity contribution in [2.45, 2.75) is 64.9 Å². The number of ether oxygens (including phenoxy) is 1. The van der Waals surface area contributed by atoms with Crippen molar-refractivity contribution in [3.63, 3.8) is 0 Å². The molecule has 1 fully saturated rings. The van der Waals surface area contributed by atoms with E-state index in [2.05, 4.69) is 65.1 Å². The average Bonchev–Trinajstić information content (AvgIpc) is 2.79. The molecular weight excluding hydrogens is 246 g/mol. The van der Waals surface area contributed by atoms with Gasteiger partial charge in [0.1, 0.15) is 11.9 Å². The van der Waals surface area contributed by atoms with Crippen LogP contribution in [0.4, 0.5) is 0 Å². The molecule has 1 aliphatic rings. The van der Waals surface area contributed by atoms with E-state index in [4.69, 9.17) is 4.74 Å². The predicted octanol–water partition coefficient (Wildman–Crippen LogP) is 4.02. The van der Waals surface area contributed by atoms with Gasteiger partial charge in [0.25, 0.3) is 0 Å². The van der Waals surface area contributed by atoms with Crippen LogP contribution in [0.1, 0.15) is 59.1 Å². The van der Waals surface area contributed by atoms with Crippen LogP contribution in [0.5, 0.6) is 5.75 Å². The summed E-state index contributed by atoms with van der Waals surface area (Å²) >= 11 is 0. The highest BCUT2D eigenvalue weighted by Crippen LogP contribution is 2.33. The molecule has 2 nitrogen and oxygen atoms in total. The number of nitrogens with one attached hydrogen (secondary N) is 1. The molecule has 0 aliphatic carbocycles. The molecular formula is C18H29NO. The summed E-state index contributed by atoms with van der Waals surface area (Å²) < 4.78 is 6.18. The first-order valence-corrected chi connectivity index (χ1v) is 7.70. The third-order valence-electron chi connectivity index (χ3n) is 3.96. The Morgan fingerprint density at radius 2 is 1.50 bits per heavy atom. The first-order chi connectivity index (χ1) is 9.16. The lowest BCUT2D eigenvalue weighted by Crippen LogP contribution is -2.21. The highest BCUT2D eigenvalue weighted by atomic mass is 16.5. The van der Waals surface area contributed by atoms with Crippen LogP contribution in [0, 0.1) is 0 Å². The van der Waals surface area contributed by atoms with Crippen molar-refractivity contribution in [2.75, 3.05) is 13.1 Å². The number of rotatable bonds is 2. The summed E-state index contributed by atoms with van der Waals surface area (Å²) in [5.74, 6) is 1.02. The summed E-state index contributed by atoms with van der Waals surface area (Å²) in [4.78, 5) is 0. The molecule has 2 heteroatoms. The average molecular weight is 275 g/mol. The smallest absolute Gasteiger partial charge is 0.120 e. The van der Waals surface area contributed by atoms with Gasteiger partial charge in [-0.05, 0) is 47.1 Å². The first-order valence-electron chi connectivity index (χ1n) is 7.70. The van der Waals surface area contributed by atoms with Gasteiger partial charge in [0.2, 0.25) is 0 Å². The van der Waals surface area contributed by atoms with Crippen molar-refractivity contribution in [2.24, 2.45) is 0 Å². The maximum absolute atomic E-state index is 6.18. The quantitative estimate of drug-likeness (QED) is 0.880. The summed E-state index contributed by atoms with van der Waals surface area (Å²) in [7, 11) is 0. The first kappa shape index (κ1) is 15.4. The largest absolute Gasteiger partial charge is 0.489 e. The maximum atomic E-state index is 6.18. The van der Waals surface area contributed by atoms with Crippen LogP contribution in [-0.4, -0.2) is 19.2 Å². The van der Waals surface area contributed by atoms with Gasteiger partial charge < -0.3 is 10.1 Å². The van der Waals surface area contributed by atoms with Crippen LogP contribution in [0.25, 0.3) is 0 Å². The van der Waals surface area contributed by atoms with E-state index in [-0.39, 0.29) is 10.8 Å². The minimum atomic E-state index is 0.146. The van der Waals surface area contributed by atoms with Crippen molar-refractivity contribution < 1.29 is 4.74 Å². The molecule has 0 spiro atoms. The van der Waals surface area contributed by atoms with Gasteiger partial charge in [-0.2, -0.15) is 0 Å². The zero-order valence-corrected chi connectivity index (χ0v) is 13.8. The molecule has 1 aromatic rings. The zero-order chi connectivity index (χ0) is 15.0. The second-order valence-electron chi connectivity index (χ2n) is 7.98. The Hall–Kier alpha value is -1.02. The Bertz CT molecular complexity index is 427. The Labute approximate surface area is 123 Å². The summed E-state index contributed by atoms with van der Waals surface area (Å²) in [6, 6.07) is 6.76. The molecule has 1 atom stereocenters. The fourth-order valence-corrected chi connectivity index (χ4v) is 2.45. The van der Waals surface area contributed by atoms with Gasteiger partial charge in [-0.15, -0.1) is 0 Å². The number of benzene rings is 1. The minimum Gasteiger partial charge on any atom is -0.489 e. The molecule has 0 bridgehead atoms. The van der Waals surface area contributed by atoms with Crippen molar-refractivity contribution >= 4 is 0 Å². The lowest BCUT2D eigenvalue weighted by atomic mass is 9.80. The summed E-state index contributed by atoms with van der Waals surface area (Å²) in [5, 5.41) is 3.36. The Morgan fingerprint density at radius 1 is 0.950 bits per heavy atom. The van der Waals surface area contributed by atoms with Gasteiger partial charge in [-0.1, -0.05) is 47.6 Å². The summed E-state index contributed by atoms with van der Waals surface area (Å²) in [5.41, 5.74) is 3.00. The normalized spacial score (nSPS) is 20.2. The fraction of sp³-hybridized carbons (Fsp3) is 0.667. The summed E-state index contributed by atoms with van der Waals surface area (Å²) in [6.45, 7) is 15.6. The van der Waals surface area contributed by atoms with E-state index in [1.165, 1.54) is 11.1 Å². The minimum absolute atomic E-state index is 0.146. The lowest BCUT2D eigenvalue weighted by molar-refractivity contribution is 0.222. The van der Waals surface area contributed by atoms with Crippen LogP contribution in [0.15, 0.2) is 18.2 Å². The molecule has 1 saturated heterocycles. The van der Waals surface area contributed by atoms with Gasteiger partial charge in [-0.25, -0.2) is 0 Å². The van der Waals surface area contributed by atoms with Crippen molar-refractivity contribution in [1.82, 2.24) is 5.32 Å². The second kappa shape index (κ2) is 5.40. The number of hydrogen-bond acceptors (Lipinski definition) is 2. The third kappa shape index (κ3) is 3.76. The highest BCUT2D eigenvalue weighted by molar-refractivity contribution is 5.40.